The minimum absolute atomic E-state index is 0.814. The van der Waals surface area contributed by atoms with E-state index in [1.54, 1.807) is 0 Å². The fraction of sp³-hybridized carbons (Fsp3) is 1.00. The minimum Gasteiger partial charge on any atom is -0.314 e. The lowest BCUT2D eigenvalue weighted by Gasteiger charge is -2.26. The van der Waals surface area contributed by atoms with Gasteiger partial charge in [0.25, 0.3) is 0 Å². The average Bonchev–Trinajstić information content (AvgIpc) is 1.88. The van der Waals surface area contributed by atoms with E-state index >= 15 is 0 Å². The van der Waals surface area contributed by atoms with E-state index in [0.717, 1.165) is 12.0 Å². The molecule has 0 amide bonds. The molecule has 1 fully saturated rings. The highest BCUT2D eigenvalue weighted by Crippen LogP contribution is 2.16. The highest BCUT2D eigenvalue weighted by Gasteiger charge is 2.15. The molecule has 0 saturated carbocycles. The van der Waals surface area contributed by atoms with Gasteiger partial charge in [-0.25, -0.2) is 0 Å². The fourth-order valence-electron chi connectivity index (χ4n) is 1.53. The van der Waals surface area contributed by atoms with E-state index in [1.165, 1.54) is 25.8 Å². The molecule has 0 aromatic heterocycles. The monoisotopic (exact) mass is 127 g/mol. The molecule has 1 aliphatic heterocycles. The average molecular weight is 127 g/mol. The lowest BCUT2D eigenvalue weighted by Crippen LogP contribution is -2.36. The molecule has 0 unspecified atom stereocenters. The van der Waals surface area contributed by atoms with E-state index < -0.39 is 0 Å². The standard InChI is InChI=1S/C8H17N/c1-3-8-6-7(2)4-5-9-8/h7-9H,3-6H2,1-2H3/t7-,8+/m1/s1. The van der Waals surface area contributed by atoms with Crippen molar-refractivity contribution in [3.05, 3.63) is 0 Å². The van der Waals surface area contributed by atoms with Crippen LogP contribution in [0.1, 0.15) is 33.1 Å². The Balaban J connectivity index is 2.23. The second kappa shape index (κ2) is 3.21. The largest absolute Gasteiger partial charge is 0.314 e. The van der Waals surface area contributed by atoms with E-state index in [2.05, 4.69) is 19.2 Å². The quantitative estimate of drug-likeness (QED) is 0.566. The van der Waals surface area contributed by atoms with Crippen LogP contribution < -0.4 is 5.32 Å². The summed E-state index contributed by atoms with van der Waals surface area (Å²) in [6, 6.07) is 0.814. The number of nitrogens with one attached hydrogen (secondary N) is 1. The van der Waals surface area contributed by atoms with Crippen molar-refractivity contribution in [2.75, 3.05) is 6.54 Å². The van der Waals surface area contributed by atoms with Gasteiger partial charge in [-0.2, -0.15) is 0 Å². The normalized spacial score (nSPS) is 36.7. The van der Waals surface area contributed by atoms with Crippen molar-refractivity contribution in [2.45, 2.75) is 39.2 Å². The van der Waals surface area contributed by atoms with Crippen molar-refractivity contribution in [2.24, 2.45) is 5.92 Å². The summed E-state index contributed by atoms with van der Waals surface area (Å²) in [7, 11) is 0. The van der Waals surface area contributed by atoms with Crippen LogP contribution in [0, 0.1) is 5.92 Å². The summed E-state index contributed by atoms with van der Waals surface area (Å²) in [5.74, 6) is 0.955. The zero-order chi connectivity index (χ0) is 6.69. The zero-order valence-corrected chi connectivity index (χ0v) is 6.48. The van der Waals surface area contributed by atoms with Crippen LogP contribution in [0.5, 0.6) is 0 Å². The predicted molar refractivity (Wildman–Crippen MR) is 40.5 cm³/mol. The molecule has 1 saturated heterocycles. The first kappa shape index (κ1) is 7.07. The van der Waals surface area contributed by atoms with Crippen molar-refractivity contribution in [3.8, 4) is 0 Å². The van der Waals surface area contributed by atoms with E-state index in [0.29, 0.717) is 0 Å². The van der Waals surface area contributed by atoms with Gasteiger partial charge >= 0.3 is 0 Å². The van der Waals surface area contributed by atoms with Crippen molar-refractivity contribution in [3.63, 3.8) is 0 Å². The third-order valence-corrected chi connectivity index (χ3v) is 2.25. The highest BCUT2D eigenvalue weighted by atomic mass is 14.9. The van der Waals surface area contributed by atoms with Gasteiger partial charge in [0.15, 0.2) is 0 Å². The Labute approximate surface area is 57.8 Å². The molecule has 0 aliphatic carbocycles. The third kappa shape index (κ3) is 1.98. The smallest absolute Gasteiger partial charge is 0.00669 e. The number of hydrogen-bond acceptors (Lipinski definition) is 1. The fourth-order valence-corrected chi connectivity index (χ4v) is 1.53. The molecule has 1 N–H and O–H groups in total. The van der Waals surface area contributed by atoms with Crippen molar-refractivity contribution < 1.29 is 0 Å². The Morgan fingerprint density at radius 1 is 1.56 bits per heavy atom. The molecular weight excluding hydrogens is 110 g/mol. The van der Waals surface area contributed by atoms with Gasteiger partial charge in [0.05, 0.1) is 0 Å². The molecular formula is C8H17N. The molecule has 54 valence electrons. The number of hydrogen-bond donors (Lipinski definition) is 1. The van der Waals surface area contributed by atoms with E-state index in [9.17, 15) is 0 Å². The maximum absolute atomic E-state index is 3.50. The molecule has 1 heteroatoms. The summed E-state index contributed by atoms with van der Waals surface area (Å²) in [5.41, 5.74) is 0. The van der Waals surface area contributed by atoms with Crippen LogP contribution in [0.4, 0.5) is 0 Å². The van der Waals surface area contributed by atoms with Crippen LogP contribution in [0.25, 0.3) is 0 Å². The van der Waals surface area contributed by atoms with Crippen LogP contribution in [0.3, 0.4) is 0 Å². The predicted octanol–water partition coefficient (Wildman–Crippen LogP) is 1.78. The Hall–Kier alpha value is -0.0400. The van der Waals surface area contributed by atoms with Crippen LogP contribution in [-0.4, -0.2) is 12.6 Å². The Bertz CT molecular complexity index is 80.6. The second-order valence-corrected chi connectivity index (χ2v) is 3.19. The summed E-state index contributed by atoms with van der Waals surface area (Å²) in [6.07, 6.45) is 4.05. The van der Waals surface area contributed by atoms with E-state index in [1.807, 2.05) is 0 Å². The first-order valence-electron chi connectivity index (χ1n) is 4.06. The topological polar surface area (TPSA) is 12.0 Å². The van der Waals surface area contributed by atoms with Gasteiger partial charge in [0, 0.05) is 6.04 Å². The van der Waals surface area contributed by atoms with Gasteiger partial charge in [0.2, 0.25) is 0 Å². The Kier molecular flexibility index (Phi) is 2.52. The minimum atomic E-state index is 0.814. The van der Waals surface area contributed by atoms with Crippen LogP contribution in [-0.2, 0) is 0 Å². The maximum atomic E-state index is 3.50. The third-order valence-electron chi connectivity index (χ3n) is 2.25. The van der Waals surface area contributed by atoms with E-state index in [4.69, 9.17) is 0 Å². The Morgan fingerprint density at radius 2 is 2.33 bits per heavy atom. The van der Waals surface area contributed by atoms with Crippen LogP contribution >= 0.6 is 0 Å². The first-order valence-corrected chi connectivity index (χ1v) is 4.06. The molecule has 1 aliphatic rings. The number of rotatable bonds is 1. The molecule has 0 bridgehead atoms. The molecule has 1 rings (SSSR count). The molecule has 9 heavy (non-hydrogen) atoms. The summed E-state index contributed by atoms with van der Waals surface area (Å²) in [6.45, 7) is 5.85. The van der Waals surface area contributed by atoms with Gasteiger partial charge in [-0.1, -0.05) is 13.8 Å². The van der Waals surface area contributed by atoms with E-state index in [-0.39, 0.29) is 0 Å². The lowest BCUT2D eigenvalue weighted by atomic mass is 9.93. The molecule has 1 nitrogen and oxygen atoms in total. The van der Waals surface area contributed by atoms with Crippen molar-refractivity contribution >= 4 is 0 Å². The molecule has 0 radical (unpaired) electrons. The molecule has 2 atom stereocenters. The molecule has 0 spiro atoms. The van der Waals surface area contributed by atoms with Gasteiger partial charge in [-0.05, 0) is 31.7 Å². The summed E-state index contributed by atoms with van der Waals surface area (Å²) in [5, 5.41) is 3.50. The maximum Gasteiger partial charge on any atom is 0.00669 e. The van der Waals surface area contributed by atoms with Crippen LogP contribution in [0.2, 0.25) is 0 Å². The molecule has 1 heterocycles. The first-order chi connectivity index (χ1) is 4.33. The second-order valence-electron chi connectivity index (χ2n) is 3.19. The lowest BCUT2D eigenvalue weighted by molar-refractivity contribution is 0.314. The highest BCUT2D eigenvalue weighted by molar-refractivity contribution is 4.74. The van der Waals surface area contributed by atoms with Crippen LogP contribution in [0.15, 0.2) is 0 Å². The van der Waals surface area contributed by atoms with Gasteiger partial charge in [-0.15, -0.1) is 0 Å². The van der Waals surface area contributed by atoms with Gasteiger partial charge in [-0.3, -0.25) is 0 Å². The zero-order valence-electron chi connectivity index (χ0n) is 6.48. The van der Waals surface area contributed by atoms with Gasteiger partial charge in [0.1, 0.15) is 0 Å². The van der Waals surface area contributed by atoms with Crippen molar-refractivity contribution in [1.29, 1.82) is 0 Å². The molecule has 0 aromatic carbocycles. The summed E-state index contributed by atoms with van der Waals surface area (Å²) < 4.78 is 0. The van der Waals surface area contributed by atoms with Gasteiger partial charge < -0.3 is 5.32 Å². The molecule has 0 aromatic rings. The SMILES string of the molecule is CC[C@H]1C[C@H](C)CCN1. The summed E-state index contributed by atoms with van der Waals surface area (Å²) in [4.78, 5) is 0. The summed E-state index contributed by atoms with van der Waals surface area (Å²) >= 11 is 0. The number of piperidine rings is 1. The van der Waals surface area contributed by atoms with Crippen molar-refractivity contribution in [1.82, 2.24) is 5.32 Å². The Morgan fingerprint density at radius 3 is 2.78 bits per heavy atom.